The Morgan fingerprint density at radius 3 is 2.14 bits per heavy atom. The lowest BCUT2D eigenvalue weighted by Gasteiger charge is -2.19. The Morgan fingerprint density at radius 1 is 1.00 bits per heavy atom. The maximum Gasteiger partial charge on any atom is 0.136 e. The number of hydrogen-bond acceptors (Lipinski definition) is 4. The molecule has 4 nitrogen and oxygen atoms in total. The van der Waals surface area contributed by atoms with Gasteiger partial charge in [0.05, 0.1) is 18.7 Å². The van der Waals surface area contributed by atoms with Crippen molar-refractivity contribution in [1.82, 2.24) is 0 Å². The highest BCUT2D eigenvalue weighted by Gasteiger charge is 2.14. The highest BCUT2D eigenvalue weighted by Crippen LogP contribution is 2.32. The molecule has 1 unspecified atom stereocenters. The normalized spacial score (nSPS) is 11.8. The summed E-state index contributed by atoms with van der Waals surface area (Å²) in [4.78, 5) is 0. The van der Waals surface area contributed by atoms with E-state index in [-0.39, 0.29) is 6.10 Å². The Bertz CT molecular complexity index is 587. The molecule has 0 spiro atoms. The third-order valence-electron chi connectivity index (χ3n) is 3.11. The van der Waals surface area contributed by atoms with Crippen molar-refractivity contribution in [2.45, 2.75) is 6.10 Å². The van der Waals surface area contributed by atoms with E-state index in [0.717, 1.165) is 27.3 Å². The van der Waals surface area contributed by atoms with E-state index in [1.54, 1.807) is 14.2 Å². The van der Waals surface area contributed by atoms with Crippen LogP contribution in [0.1, 0.15) is 11.7 Å². The second-order valence-electron chi connectivity index (χ2n) is 4.41. The molecule has 0 aliphatic rings. The van der Waals surface area contributed by atoms with Crippen LogP contribution in [-0.4, -0.2) is 20.8 Å². The first kappa shape index (κ1) is 15.7. The van der Waals surface area contributed by atoms with Gasteiger partial charge >= 0.3 is 0 Å². The Hall–Kier alpha value is -1.72. The molecule has 0 fully saturated rings. The van der Waals surface area contributed by atoms with Crippen molar-refractivity contribution in [1.29, 1.82) is 0 Å². The van der Waals surface area contributed by atoms with Gasteiger partial charge in [-0.15, -0.1) is 0 Å². The average molecular weight is 352 g/mol. The molecule has 0 aliphatic heterocycles. The van der Waals surface area contributed by atoms with Crippen molar-refractivity contribution in [3.05, 3.63) is 52.5 Å². The van der Waals surface area contributed by atoms with Gasteiger partial charge in [-0.1, -0.05) is 12.1 Å². The van der Waals surface area contributed by atoms with Gasteiger partial charge in [0.15, 0.2) is 0 Å². The maximum absolute atomic E-state index is 5.99. The van der Waals surface area contributed by atoms with E-state index in [0.29, 0.717) is 6.54 Å². The van der Waals surface area contributed by atoms with Crippen LogP contribution in [0.2, 0.25) is 0 Å². The van der Waals surface area contributed by atoms with Gasteiger partial charge in [-0.2, -0.15) is 0 Å². The first-order chi connectivity index (χ1) is 10.2. The number of nitrogens with two attached hydrogens (primary N) is 1. The Balaban J connectivity index is 2.18. The van der Waals surface area contributed by atoms with Crippen molar-refractivity contribution in [2.75, 3.05) is 20.8 Å². The number of ether oxygens (including phenoxy) is 3. The molecule has 0 saturated heterocycles. The largest absolute Gasteiger partial charge is 0.497 e. The van der Waals surface area contributed by atoms with Crippen molar-refractivity contribution in [2.24, 2.45) is 5.73 Å². The summed E-state index contributed by atoms with van der Waals surface area (Å²) in [6.45, 7) is 0.380. The van der Waals surface area contributed by atoms with Crippen LogP contribution in [0.5, 0.6) is 17.2 Å². The smallest absolute Gasteiger partial charge is 0.136 e. The van der Waals surface area contributed by atoms with Gasteiger partial charge < -0.3 is 19.9 Å². The van der Waals surface area contributed by atoms with Gasteiger partial charge in [-0.3, -0.25) is 0 Å². The molecule has 2 aromatic rings. The zero-order chi connectivity index (χ0) is 15.2. The SMILES string of the molecule is COc1ccc(C(CN)Oc2ccc(OC)cc2Br)cc1. The van der Waals surface area contributed by atoms with Crippen molar-refractivity contribution >= 4 is 15.9 Å². The van der Waals surface area contributed by atoms with Crippen LogP contribution in [0.4, 0.5) is 0 Å². The summed E-state index contributed by atoms with van der Waals surface area (Å²) in [5.41, 5.74) is 6.83. The topological polar surface area (TPSA) is 53.7 Å². The second-order valence-corrected chi connectivity index (χ2v) is 5.27. The lowest BCUT2D eigenvalue weighted by atomic mass is 10.1. The lowest BCUT2D eigenvalue weighted by Crippen LogP contribution is -2.18. The fourth-order valence-corrected chi connectivity index (χ4v) is 2.38. The highest BCUT2D eigenvalue weighted by atomic mass is 79.9. The Kier molecular flexibility index (Phi) is 5.47. The molecule has 2 N–H and O–H groups in total. The minimum Gasteiger partial charge on any atom is -0.497 e. The quantitative estimate of drug-likeness (QED) is 0.864. The third kappa shape index (κ3) is 3.89. The minimum atomic E-state index is -0.222. The number of halogens is 1. The average Bonchev–Trinajstić information content (AvgIpc) is 2.54. The summed E-state index contributed by atoms with van der Waals surface area (Å²) in [5.74, 6) is 2.30. The van der Waals surface area contributed by atoms with Crippen molar-refractivity contribution in [3.8, 4) is 17.2 Å². The van der Waals surface area contributed by atoms with E-state index in [1.165, 1.54) is 0 Å². The van der Waals surface area contributed by atoms with Gasteiger partial charge in [0.1, 0.15) is 23.4 Å². The number of benzene rings is 2. The fraction of sp³-hybridized carbons (Fsp3) is 0.250. The summed E-state index contributed by atoms with van der Waals surface area (Å²) in [6, 6.07) is 13.3. The molecule has 5 heteroatoms. The first-order valence-corrected chi connectivity index (χ1v) is 7.31. The Morgan fingerprint density at radius 2 is 1.62 bits per heavy atom. The monoisotopic (exact) mass is 351 g/mol. The van der Waals surface area contributed by atoms with Gasteiger partial charge in [0.2, 0.25) is 0 Å². The molecule has 0 aromatic heterocycles. The molecule has 0 radical (unpaired) electrons. The zero-order valence-electron chi connectivity index (χ0n) is 12.0. The van der Waals surface area contributed by atoms with Gasteiger partial charge in [0.25, 0.3) is 0 Å². The molecule has 21 heavy (non-hydrogen) atoms. The lowest BCUT2D eigenvalue weighted by molar-refractivity contribution is 0.212. The third-order valence-corrected chi connectivity index (χ3v) is 3.73. The molecule has 0 bridgehead atoms. The highest BCUT2D eigenvalue weighted by molar-refractivity contribution is 9.10. The van der Waals surface area contributed by atoms with E-state index in [4.69, 9.17) is 19.9 Å². The van der Waals surface area contributed by atoms with Crippen LogP contribution in [0.15, 0.2) is 46.9 Å². The molecular weight excluding hydrogens is 334 g/mol. The minimum absolute atomic E-state index is 0.222. The van der Waals surface area contributed by atoms with E-state index < -0.39 is 0 Å². The molecule has 112 valence electrons. The molecule has 2 rings (SSSR count). The second kappa shape index (κ2) is 7.33. The summed E-state index contributed by atoms with van der Waals surface area (Å²) >= 11 is 3.48. The van der Waals surface area contributed by atoms with Crippen LogP contribution in [-0.2, 0) is 0 Å². The van der Waals surface area contributed by atoms with Crippen LogP contribution >= 0.6 is 15.9 Å². The van der Waals surface area contributed by atoms with Crippen molar-refractivity contribution in [3.63, 3.8) is 0 Å². The predicted molar refractivity (Wildman–Crippen MR) is 86.1 cm³/mol. The molecule has 2 aromatic carbocycles. The van der Waals surface area contributed by atoms with Crippen LogP contribution in [0, 0.1) is 0 Å². The van der Waals surface area contributed by atoms with Crippen LogP contribution < -0.4 is 19.9 Å². The maximum atomic E-state index is 5.99. The van der Waals surface area contributed by atoms with Crippen LogP contribution in [0.3, 0.4) is 0 Å². The predicted octanol–water partition coefficient (Wildman–Crippen LogP) is 3.55. The number of hydrogen-bond donors (Lipinski definition) is 1. The van der Waals surface area contributed by atoms with E-state index in [9.17, 15) is 0 Å². The van der Waals surface area contributed by atoms with E-state index >= 15 is 0 Å². The summed E-state index contributed by atoms with van der Waals surface area (Å²) in [6.07, 6.45) is -0.222. The molecule has 0 saturated carbocycles. The van der Waals surface area contributed by atoms with E-state index in [1.807, 2.05) is 42.5 Å². The molecule has 1 atom stereocenters. The first-order valence-electron chi connectivity index (χ1n) is 6.52. The standard InChI is InChI=1S/C16H18BrNO3/c1-19-12-5-3-11(4-6-12)16(10-18)21-15-8-7-13(20-2)9-14(15)17/h3-9,16H,10,18H2,1-2H3. The molecule has 0 aliphatic carbocycles. The Labute approximate surface area is 132 Å². The molecule has 0 heterocycles. The van der Waals surface area contributed by atoms with Crippen LogP contribution in [0.25, 0.3) is 0 Å². The summed E-state index contributed by atoms with van der Waals surface area (Å²) < 4.78 is 17.1. The zero-order valence-corrected chi connectivity index (χ0v) is 13.6. The van der Waals surface area contributed by atoms with Gasteiger partial charge in [-0.25, -0.2) is 0 Å². The van der Waals surface area contributed by atoms with Gasteiger partial charge in [-0.05, 0) is 51.8 Å². The van der Waals surface area contributed by atoms with Gasteiger partial charge in [0, 0.05) is 6.54 Å². The number of methoxy groups -OCH3 is 2. The van der Waals surface area contributed by atoms with Crippen molar-refractivity contribution < 1.29 is 14.2 Å². The molecular formula is C16H18BrNO3. The fourth-order valence-electron chi connectivity index (χ4n) is 1.93. The molecule has 0 amide bonds. The number of rotatable bonds is 6. The summed E-state index contributed by atoms with van der Waals surface area (Å²) in [5, 5.41) is 0. The van der Waals surface area contributed by atoms with E-state index in [2.05, 4.69) is 15.9 Å². The summed E-state index contributed by atoms with van der Waals surface area (Å²) in [7, 11) is 3.27.